The first-order chi connectivity index (χ1) is 24.9. The van der Waals surface area contributed by atoms with Gasteiger partial charge in [0, 0.05) is 12.5 Å². The van der Waals surface area contributed by atoms with Crippen LogP contribution < -0.4 is 25.2 Å². The molecular formula is C37H30F4N4O7. The molecule has 4 amide bonds. The Kier molecular flexibility index (Phi) is 10.2. The van der Waals surface area contributed by atoms with Gasteiger partial charge in [0.15, 0.2) is 23.2 Å². The second-order valence-corrected chi connectivity index (χ2v) is 12.1. The summed E-state index contributed by atoms with van der Waals surface area (Å²) in [5.74, 6) is -13.2. The van der Waals surface area contributed by atoms with E-state index in [0.717, 1.165) is 5.56 Å². The average Bonchev–Trinajstić information content (AvgIpc) is 3.47. The third kappa shape index (κ3) is 7.15. The molecule has 2 heterocycles. The molecule has 52 heavy (non-hydrogen) atoms. The molecule has 0 saturated carbocycles. The number of Topliss-reactive ketones (excluding diaryl/α,β-unsaturated/α-hetero) is 1. The van der Waals surface area contributed by atoms with Crippen molar-refractivity contribution >= 4 is 46.7 Å². The number of carboxylic acids is 1. The first kappa shape index (κ1) is 35.6. The smallest absolute Gasteiger partial charge is 0.327 e. The maximum Gasteiger partial charge on any atom is 0.327 e. The van der Waals surface area contributed by atoms with Crippen LogP contribution in [0.25, 0.3) is 0 Å². The third-order valence-electron chi connectivity index (χ3n) is 8.75. The number of urea groups is 1. The van der Waals surface area contributed by atoms with E-state index in [1.54, 1.807) is 78.9 Å². The number of benzene rings is 4. The quantitative estimate of drug-likeness (QED) is 0.147. The number of hydrogen-bond donors (Lipinski definition) is 3. The van der Waals surface area contributed by atoms with Crippen LogP contribution in [0.15, 0.2) is 84.9 Å². The Balaban J connectivity index is 1.24. The first-order valence-corrected chi connectivity index (χ1v) is 16.1. The molecule has 0 aliphatic carbocycles. The second-order valence-electron chi connectivity index (χ2n) is 12.1. The van der Waals surface area contributed by atoms with E-state index < -0.39 is 89.8 Å². The van der Waals surface area contributed by atoms with Crippen molar-refractivity contribution in [3.63, 3.8) is 0 Å². The summed E-state index contributed by atoms with van der Waals surface area (Å²) in [7, 11) is 0. The summed E-state index contributed by atoms with van der Waals surface area (Å²) in [5, 5.41) is 14.6. The molecule has 0 radical (unpaired) electrons. The van der Waals surface area contributed by atoms with E-state index in [-0.39, 0.29) is 18.9 Å². The molecule has 4 aromatic rings. The van der Waals surface area contributed by atoms with Gasteiger partial charge in [-0.1, -0.05) is 54.6 Å². The summed E-state index contributed by atoms with van der Waals surface area (Å²) >= 11 is 0. The number of ether oxygens (including phenoxy) is 1. The number of aliphatic carboxylic acids is 1. The number of carbonyl (C=O) groups excluding carboxylic acids is 4. The van der Waals surface area contributed by atoms with Gasteiger partial charge in [-0.3, -0.25) is 29.0 Å². The molecule has 4 aromatic carbocycles. The third-order valence-corrected chi connectivity index (χ3v) is 8.75. The Labute approximate surface area is 293 Å². The average molecular weight is 719 g/mol. The molecule has 11 nitrogen and oxygen atoms in total. The number of amides is 4. The normalized spacial score (nSPS) is 16.7. The fourth-order valence-corrected chi connectivity index (χ4v) is 6.34. The zero-order valence-corrected chi connectivity index (χ0v) is 27.2. The SMILES string of the molecule is O=C(O)CC(NC(=O)C1Cc2cccc3c2N1C(=O)C(NC(=O)N(c1ccccc1)c1ccccc1)CC3)C(=O)COc1c(F)c(F)cc(F)c1F. The lowest BCUT2D eigenvalue weighted by atomic mass is 10.0. The van der Waals surface area contributed by atoms with Gasteiger partial charge in [-0.15, -0.1) is 0 Å². The molecule has 268 valence electrons. The minimum Gasteiger partial charge on any atom is -0.481 e. The van der Waals surface area contributed by atoms with Gasteiger partial charge in [0.2, 0.25) is 23.4 Å². The highest BCUT2D eigenvalue weighted by Gasteiger charge is 2.45. The molecule has 2 aliphatic rings. The number of hydrogen-bond acceptors (Lipinski definition) is 6. The summed E-state index contributed by atoms with van der Waals surface area (Å²) in [5.41, 5.74) is 2.86. The van der Waals surface area contributed by atoms with Crippen molar-refractivity contribution in [2.24, 2.45) is 0 Å². The van der Waals surface area contributed by atoms with Crippen LogP contribution in [0.2, 0.25) is 0 Å². The van der Waals surface area contributed by atoms with E-state index >= 15 is 0 Å². The van der Waals surface area contributed by atoms with Crippen LogP contribution in [0.3, 0.4) is 0 Å². The van der Waals surface area contributed by atoms with Gasteiger partial charge in [-0.2, -0.15) is 8.78 Å². The molecule has 0 saturated heterocycles. The lowest BCUT2D eigenvalue weighted by Crippen LogP contribution is -2.57. The van der Waals surface area contributed by atoms with Crippen LogP contribution in [-0.2, 0) is 32.0 Å². The van der Waals surface area contributed by atoms with Crippen molar-refractivity contribution in [2.75, 3.05) is 16.4 Å². The Morgan fingerprint density at radius 3 is 2.06 bits per heavy atom. The number of nitrogens with one attached hydrogen (secondary N) is 2. The van der Waals surface area contributed by atoms with Crippen molar-refractivity contribution in [3.05, 3.63) is 119 Å². The highest BCUT2D eigenvalue weighted by Crippen LogP contribution is 2.39. The topological polar surface area (TPSA) is 145 Å². The van der Waals surface area contributed by atoms with Crippen LogP contribution in [0.5, 0.6) is 5.75 Å². The van der Waals surface area contributed by atoms with Crippen molar-refractivity contribution in [3.8, 4) is 5.75 Å². The van der Waals surface area contributed by atoms with Crippen molar-refractivity contribution in [2.45, 2.75) is 43.8 Å². The van der Waals surface area contributed by atoms with Crippen LogP contribution in [-0.4, -0.2) is 59.4 Å². The number of anilines is 3. The van der Waals surface area contributed by atoms with Crippen molar-refractivity contribution in [1.82, 2.24) is 10.6 Å². The highest BCUT2D eigenvalue weighted by molar-refractivity contribution is 6.10. The van der Waals surface area contributed by atoms with Gasteiger partial charge >= 0.3 is 12.0 Å². The number of halogens is 4. The van der Waals surface area contributed by atoms with Gasteiger partial charge in [0.25, 0.3) is 0 Å². The lowest BCUT2D eigenvalue weighted by Gasteiger charge is -2.30. The van der Waals surface area contributed by atoms with Crippen molar-refractivity contribution < 1.29 is 51.4 Å². The largest absolute Gasteiger partial charge is 0.481 e. The van der Waals surface area contributed by atoms with Gasteiger partial charge < -0.3 is 20.5 Å². The molecule has 0 fully saturated rings. The predicted molar refractivity (Wildman–Crippen MR) is 178 cm³/mol. The molecule has 6 rings (SSSR count). The molecule has 3 atom stereocenters. The minimum absolute atomic E-state index is 0.0228. The number of nitrogens with zero attached hydrogens (tertiary/aromatic N) is 2. The standard InChI is InChI=1S/C37H30F4N4O7/c38-24-17-25(39)32(41)34(31(24)40)52-19-29(46)27(18-30(47)48)42-35(49)28-16-21-9-7-8-20-14-15-26(36(50)45(28)33(20)21)43-37(51)44(22-10-3-1-4-11-22)23-12-5-2-6-13-23/h1-13,17,26-28H,14-16,18-19H2,(H,42,49)(H,43,51)(H,47,48). The number of carbonyl (C=O) groups is 5. The zero-order valence-electron chi connectivity index (χ0n) is 27.2. The Morgan fingerprint density at radius 1 is 0.865 bits per heavy atom. The predicted octanol–water partition coefficient (Wildman–Crippen LogP) is 4.97. The Bertz CT molecular complexity index is 1990. The maximum atomic E-state index is 14.3. The molecule has 0 bridgehead atoms. The number of carboxylic acid groups (broad SMARTS) is 1. The van der Waals surface area contributed by atoms with E-state index in [9.17, 15) is 46.6 Å². The van der Waals surface area contributed by atoms with Crippen LogP contribution in [0, 0.1) is 23.3 Å². The molecular weight excluding hydrogens is 688 g/mol. The molecule has 0 aromatic heterocycles. The second kappa shape index (κ2) is 14.9. The van der Waals surface area contributed by atoms with E-state index in [0.29, 0.717) is 29.0 Å². The summed E-state index contributed by atoms with van der Waals surface area (Å²) in [4.78, 5) is 69.4. The van der Waals surface area contributed by atoms with E-state index in [1.165, 1.54) is 9.80 Å². The number of rotatable bonds is 11. The fourth-order valence-electron chi connectivity index (χ4n) is 6.34. The Morgan fingerprint density at radius 2 is 1.46 bits per heavy atom. The Hall–Kier alpha value is -6.25. The number of para-hydroxylation sites is 3. The number of aryl methyl sites for hydroxylation is 1. The van der Waals surface area contributed by atoms with Crippen LogP contribution >= 0.6 is 0 Å². The van der Waals surface area contributed by atoms with Gasteiger partial charge in [-0.25, -0.2) is 13.6 Å². The van der Waals surface area contributed by atoms with E-state index in [1.807, 2.05) is 0 Å². The van der Waals surface area contributed by atoms with Gasteiger partial charge in [0.1, 0.15) is 24.7 Å². The van der Waals surface area contributed by atoms with E-state index in [2.05, 4.69) is 10.6 Å². The first-order valence-electron chi connectivity index (χ1n) is 16.1. The summed E-state index contributed by atoms with van der Waals surface area (Å²) in [6, 6.07) is 17.9. The monoisotopic (exact) mass is 718 g/mol. The van der Waals surface area contributed by atoms with Gasteiger partial charge in [-0.05, 0) is 48.2 Å². The zero-order chi connectivity index (χ0) is 37.1. The molecule has 15 heteroatoms. The molecule has 0 spiro atoms. The van der Waals surface area contributed by atoms with Crippen molar-refractivity contribution in [1.29, 1.82) is 0 Å². The fraction of sp³-hybridized carbons (Fsp3) is 0.216. The summed E-state index contributed by atoms with van der Waals surface area (Å²) in [6.07, 6.45) is -0.491. The molecule has 2 aliphatic heterocycles. The van der Waals surface area contributed by atoms with E-state index in [4.69, 9.17) is 4.74 Å². The van der Waals surface area contributed by atoms with Gasteiger partial charge in [0.05, 0.1) is 23.5 Å². The molecule has 3 N–H and O–H groups in total. The van der Waals surface area contributed by atoms with Crippen LogP contribution in [0.4, 0.5) is 39.4 Å². The lowest BCUT2D eigenvalue weighted by molar-refractivity contribution is -0.140. The summed E-state index contributed by atoms with van der Waals surface area (Å²) < 4.78 is 60.2. The molecule has 3 unspecified atom stereocenters. The highest BCUT2D eigenvalue weighted by atomic mass is 19.2. The van der Waals surface area contributed by atoms with Crippen LogP contribution in [0.1, 0.15) is 24.0 Å². The minimum atomic E-state index is -1.91. The number of ketones is 1. The maximum absolute atomic E-state index is 14.3. The summed E-state index contributed by atoms with van der Waals surface area (Å²) in [6.45, 7) is -1.26.